The summed E-state index contributed by atoms with van der Waals surface area (Å²) in [5.41, 5.74) is -2.50. The van der Waals surface area contributed by atoms with E-state index in [1.165, 1.54) is 0 Å². The normalized spacial score (nSPS) is 19.5. The molecule has 1 aliphatic rings. The second-order valence-corrected chi connectivity index (χ2v) is 8.44. The van der Waals surface area contributed by atoms with Gasteiger partial charge in [0.1, 0.15) is 5.82 Å². The highest BCUT2D eigenvalue weighted by Gasteiger charge is 2.37. The number of aromatic amines is 2. The van der Waals surface area contributed by atoms with Crippen LogP contribution in [0.4, 0.5) is 26.3 Å². The van der Waals surface area contributed by atoms with Gasteiger partial charge in [0.05, 0.1) is 43.0 Å². The molecule has 13 heteroatoms. The van der Waals surface area contributed by atoms with Crippen molar-refractivity contribution in [2.75, 3.05) is 19.7 Å². The molecule has 2 atom stereocenters. The first kappa shape index (κ1) is 25.9. The molecular weight excluding hydrogens is 492 g/mol. The van der Waals surface area contributed by atoms with Gasteiger partial charge in [-0.25, -0.2) is 9.89 Å². The number of nitrogens with zero attached hydrogens (tertiary/aromatic N) is 2. The van der Waals surface area contributed by atoms with Crippen LogP contribution in [0.1, 0.15) is 34.1 Å². The third kappa shape index (κ3) is 6.33. The second-order valence-electron chi connectivity index (χ2n) is 8.44. The number of hydrogen-bond donors (Lipinski definition) is 3. The van der Waals surface area contributed by atoms with Crippen molar-refractivity contribution in [3.8, 4) is 0 Å². The fraction of sp³-hybridized carbons (Fsp3) is 0.391. The lowest BCUT2D eigenvalue weighted by Gasteiger charge is -2.41. The van der Waals surface area contributed by atoms with Crippen molar-refractivity contribution >= 4 is 0 Å². The van der Waals surface area contributed by atoms with Crippen LogP contribution >= 0.6 is 0 Å². The average molecular weight is 515 g/mol. The maximum atomic E-state index is 13.2. The van der Waals surface area contributed by atoms with Crippen LogP contribution in [0.15, 0.2) is 53.3 Å². The number of aromatic nitrogens is 3. The van der Waals surface area contributed by atoms with Gasteiger partial charge < -0.3 is 10.1 Å². The molecule has 1 fully saturated rings. The quantitative estimate of drug-likeness (QED) is 0.416. The SMILES string of the molecule is O=c1[nH]nc(CN2CCNC(COCc3cc(C(F)(F)F)cc(C(F)(F)F)c3)C2c2ccccc2)[nH]1. The summed E-state index contributed by atoms with van der Waals surface area (Å²) in [5, 5.41) is 9.59. The lowest BCUT2D eigenvalue weighted by molar-refractivity contribution is -0.143. The van der Waals surface area contributed by atoms with Gasteiger partial charge in [-0.05, 0) is 29.3 Å². The first-order valence-corrected chi connectivity index (χ1v) is 11.0. The highest BCUT2D eigenvalue weighted by molar-refractivity contribution is 5.33. The van der Waals surface area contributed by atoms with Crippen LogP contribution in [0.5, 0.6) is 0 Å². The molecule has 2 heterocycles. The monoisotopic (exact) mass is 515 g/mol. The molecule has 3 N–H and O–H groups in total. The Labute approximate surface area is 201 Å². The maximum absolute atomic E-state index is 13.2. The Kier molecular flexibility index (Phi) is 7.52. The molecule has 0 aliphatic carbocycles. The van der Waals surface area contributed by atoms with Crippen LogP contribution in [0.25, 0.3) is 0 Å². The summed E-state index contributed by atoms with van der Waals surface area (Å²) >= 11 is 0. The number of rotatable bonds is 7. The van der Waals surface area contributed by atoms with Crippen molar-refractivity contribution in [3.63, 3.8) is 0 Å². The summed E-state index contributed by atoms with van der Waals surface area (Å²) in [6.07, 6.45) is -9.85. The zero-order valence-corrected chi connectivity index (χ0v) is 18.8. The lowest BCUT2D eigenvalue weighted by atomic mass is 9.95. The van der Waals surface area contributed by atoms with Crippen molar-refractivity contribution in [2.24, 2.45) is 0 Å². The highest BCUT2D eigenvalue weighted by Crippen LogP contribution is 2.36. The minimum absolute atomic E-state index is 0.0186. The predicted molar refractivity (Wildman–Crippen MR) is 117 cm³/mol. The number of ether oxygens (including phenoxy) is 1. The van der Waals surface area contributed by atoms with Crippen LogP contribution in [0.2, 0.25) is 0 Å². The van der Waals surface area contributed by atoms with E-state index in [2.05, 4.69) is 25.4 Å². The zero-order chi connectivity index (χ0) is 25.9. The molecule has 0 amide bonds. The molecule has 0 spiro atoms. The molecule has 0 saturated carbocycles. The van der Waals surface area contributed by atoms with Crippen molar-refractivity contribution in [2.45, 2.75) is 37.6 Å². The van der Waals surface area contributed by atoms with E-state index in [-0.39, 0.29) is 30.3 Å². The first-order valence-electron chi connectivity index (χ1n) is 11.0. The molecule has 1 saturated heterocycles. The smallest absolute Gasteiger partial charge is 0.375 e. The summed E-state index contributed by atoms with van der Waals surface area (Å²) in [7, 11) is 0. The van der Waals surface area contributed by atoms with E-state index >= 15 is 0 Å². The van der Waals surface area contributed by atoms with E-state index in [0.717, 1.165) is 5.56 Å². The number of H-pyrrole nitrogens is 2. The number of hydrogen-bond acceptors (Lipinski definition) is 5. The largest absolute Gasteiger partial charge is 0.416 e. The van der Waals surface area contributed by atoms with E-state index in [1.54, 1.807) is 0 Å². The van der Waals surface area contributed by atoms with Crippen molar-refractivity contribution in [3.05, 3.63) is 87.1 Å². The van der Waals surface area contributed by atoms with Crippen LogP contribution in [0, 0.1) is 0 Å². The van der Waals surface area contributed by atoms with Gasteiger partial charge in [-0.3, -0.25) is 9.88 Å². The molecule has 1 aliphatic heterocycles. The van der Waals surface area contributed by atoms with Gasteiger partial charge >= 0.3 is 18.0 Å². The van der Waals surface area contributed by atoms with E-state index in [1.807, 2.05) is 30.3 Å². The molecule has 4 rings (SSSR count). The van der Waals surface area contributed by atoms with Crippen LogP contribution < -0.4 is 11.0 Å². The van der Waals surface area contributed by atoms with Crippen LogP contribution in [-0.2, 0) is 30.2 Å². The van der Waals surface area contributed by atoms with Crippen LogP contribution in [0.3, 0.4) is 0 Å². The standard InChI is InChI=1S/C23H23F6N5O2/c24-22(25,26)16-8-14(9-17(10-16)23(27,28)29)12-36-13-18-20(15-4-2-1-3-5-15)34(7-6-30-18)11-19-31-21(35)33-32-19/h1-5,8-10,18,20,30H,6-7,11-13H2,(H2,31,32,33,35). The summed E-state index contributed by atoms with van der Waals surface area (Å²) in [6, 6.07) is 10.2. The first-order chi connectivity index (χ1) is 17.0. The second kappa shape index (κ2) is 10.4. The molecule has 0 radical (unpaired) electrons. The number of nitrogens with one attached hydrogen (secondary N) is 3. The van der Waals surface area contributed by atoms with Gasteiger partial charge in [0.2, 0.25) is 0 Å². The Hall–Kier alpha value is -3.16. The van der Waals surface area contributed by atoms with Gasteiger partial charge in [0.15, 0.2) is 0 Å². The number of piperazine rings is 1. The molecule has 3 aromatic rings. The van der Waals surface area contributed by atoms with Gasteiger partial charge in [-0.2, -0.15) is 31.4 Å². The van der Waals surface area contributed by atoms with Crippen molar-refractivity contribution in [1.82, 2.24) is 25.4 Å². The Morgan fingerprint density at radius 2 is 1.67 bits per heavy atom. The van der Waals surface area contributed by atoms with Crippen molar-refractivity contribution < 1.29 is 31.1 Å². The minimum Gasteiger partial charge on any atom is -0.375 e. The zero-order valence-electron chi connectivity index (χ0n) is 18.8. The molecule has 36 heavy (non-hydrogen) atoms. The summed E-state index contributed by atoms with van der Waals surface area (Å²) in [6.45, 7) is 1.06. The van der Waals surface area contributed by atoms with Gasteiger partial charge in [0, 0.05) is 13.1 Å². The Morgan fingerprint density at radius 3 is 2.25 bits per heavy atom. The molecule has 2 unspecified atom stereocenters. The Morgan fingerprint density at radius 1 is 1.00 bits per heavy atom. The molecule has 7 nitrogen and oxygen atoms in total. The Balaban J connectivity index is 1.52. The van der Waals surface area contributed by atoms with E-state index in [9.17, 15) is 31.1 Å². The molecule has 1 aromatic heterocycles. The fourth-order valence-corrected chi connectivity index (χ4v) is 4.30. The third-order valence-corrected chi connectivity index (χ3v) is 5.84. The lowest BCUT2D eigenvalue weighted by Crippen LogP contribution is -2.54. The number of alkyl halides is 6. The van der Waals surface area contributed by atoms with E-state index < -0.39 is 35.8 Å². The number of halogens is 6. The average Bonchev–Trinajstić information content (AvgIpc) is 3.23. The van der Waals surface area contributed by atoms with Gasteiger partial charge in [-0.1, -0.05) is 30.3 Å². The van der Waals surface area contributed by atoms with Gasteiger partial charge in [0.25, 0.3) is 0 Å². The van der Waals surface area contributed by atoms with E-state index in [4.69, 9.17) is 4.74 Å². The summed E-state index contributed by atoms with van der Waals surface area (Å²) < 4.78 is 84.6. The molecule has 194 valence electrons. The predicted octanol–water partition coefficient (Wildman–Crippen LogP) is 3.87. The minimum atomic E-state index is -4.92. The number of benzene rings is 2. The van der Waals surface area contributed by atoms with Gasteiger partial charge in [-0.15, -0.1) is 0 Å². The molecule has 2 aromatic carbocycles. The molecule has 0 bridgehead atoms. The van der Waals surface area contributed by atoms with E-state index in [0.29, 0.717) is 37.6 Å². The summed E-state index contributed by atoms with van der Waals surface area (Å²) in [4.78, 5) is 16.1. The van der Waals surface area contributed by atoms with Crippen molar-refractivity contribution in [1.29, 1.82) is 0 Å². The highest BCUT2D eigenvalue weighted by atomic mass is 19.4. The molecular formula is C23H23F6N5O2. The third-order valence-electron chi connectivity index (χ3n) is 5.84. The summed E-state index contributed by atoms with van der Waals surface area (Å²) in [5.74, 6) is 0.436. The maximum Gasteiger partial charge on any atom is 0.416 e. The topological polar surface area (TPSA) is 86.0 Å². The Bertz CT molecular complexity index is 1180. The van der Waals surface area contributed by atoms with Crippen LogP contribution in [-0.4, -0.2) is 45.8 Å². The fourth-order valence-electron chi connectivity index (χ4n) is 4.30.